The summed E-state index contributed by atoms with van der Waals surface area (Å²) in [6.45, 7) is 1.78. The summed E-state index contributed by atoms with van der Waals surface area (Å²) < 4.78 is 10.9. The molecule has 3 aromatic rings. The lowest BCUT2D eigenvalue weighted by molar-refractivity contribution is -0.384. The fourth-order valence-electron chi connectivity index (χ4n) is 2.84. The zero-order chi connectivity index (χ0) is 22.5. The standard InChI is InChI=1S/C22H16ClN3O5/c1-13-4-3-5-18(23)21(13)25-22(27)14(12-24)10-16-7-9-20(31-16)17-11-15(26(28)29)6-8-19(17)30-2/h3-11H,1-2H3,(H,25,27)/b14-10+. The minimum absolute atomic E-state index is 0.128. The van der Waals surface area contributed by atoms with Gasteiger partial charge in [-0.3, -0.25) is 14.9 Å². The number of nitro groups is 1. The number of rotatable bonds is 6. The van der Waals surface area contributed by atoms with Gasteiger partial charge in [-0.2, -0.15) is 5.26 Å². The van der Waals surface area contributed by atoms with Crippen molar-refractivity contribution < 1.29 is 18.9 Å². The highest BCUT2D eigenvalue weighted by Gasteiger charge is 2.17. The number of non-ortho nitro benzene ring substituents is 1. The Labute approximate surface area is 182 Å². The molecule has 1 amide bonds. The van der Waals surface area contributed by atoms with Gasteiger partial charge in [-0.1, -0.05) is 23.7 Å². The highest BCUT2D eigenvalue weighted by molar-refractivity contribution is 6.34. The molecule has 1 N–H and O–H groups in total. The molecular weight excluding hydrogens is 422 g/mol. The van der Waals surface area contributed by atoms with Crippen LogP contribution in [0.3, 0.4) is 0 Å². The Balaban J connectivity index is 1.91. The van der Waals surface area contributed by atoms with E-state index in [0.29, 0.717) is 22.0 Å². The van der Waals surface area contributed by atoms with E-state index < -0.39 is 10.8 Å². The largest absolute Gasteiger partial charge is 0.496 e. The van der Waals surface area contributed by atoms with Crippen LogP contribution in [0.4, 0.5) is 11.4 Å². The number of furan rings is 1. The predicted molar refractivity (Wildman–Crippen MR) is 116 cm³/mol. The number of carbonyl (C=O) groups excluding carboxylic acids is 1. The Morgan fingerprint density at radius 3 is 2.71 bits per heavy atom. The van der Waals surface area contributed by atoms with Gasteiger partial charge in [0.1, 0.15) is 28.9 Å². The van der Waals surface area contributed by atoms with E-state index in [-0.39, 0.29) is 22.8 Å². The molecule has 31 heavy (non-hydrogen) atoms. The first-order chi connectivity index (χ1) is 14.8. The van der Waals surface area contributed by atoms with E-state index in [2.05, 4.69) is 5.32 Å². The second-order valence-corrected chi connectivity index (χ2v) is 6.81. The lowest BCUT2D eigenvalue weighted by Gasteiger charge is -2.09. The van der Waals surface area contributed by atoms with Crippen molar-refractivity contribution in [2.24, 2.45) is 0 Å². The van der Waals surface area contributed by atoms with Gasteiger partial charge in [-0.25, -0.2) is 0 Å². The summed E-state index contributed by atoms with van der Waals surface area (Å²) in [5.41, 5.74) is 1.20. The molecule has 8 nitrogen and oxygen atoms in total. The Morgan fingerprint density at radius 1 is 1.29 bits per heavy atom. The van der Waals surface area contributed by atoms with Crippen LogP contribution < -0.4 is 10.1 Å². The molecule has 9 heteroatoms. The molecule has 0 saturated carbocycles. The Morgan fingerprint density at radius 2 is 2.06 bits per heavy atom. The molecule has 2 aromatic carbocycles. The molecule has 0 aliphatic heterocycles. The van der Waals surface area contributed by atoms with Gasteiger partial charge in [-0.05, 0) is 36.8 Å². The van der Waals surface area contributed by atoms with Crippen molar-refractivity contribution >= 4 is 35.0 Å². The number of carbonyl (C=O) groups is 1. The maximum Gasteiger partial charge on any atom is 0.270 e. The molecule has 0 atom stereocenters. The van der Waals surface area contributed by atoms with Gasteiger partial charge in [0.2, 0.25) is 0 Å². The summed E-state index contributed by atoms with van der Waals surface area (Å²) in [5, 5.41) is 23.5. The van der Waals surface area contributed by atoms with Gasteiger partial charge in [-0.15, -0.1) is 0 Å². The average Bonchev–Trinajstić information content (AvgIpc) is 3.22. The van der Waals surface area contributed by atoms with E-state index in [1.807, 2.05) is 6.07 Å². The second-order valence-electron chi connectivity index (χ2n) is 6.40. The van der Waals surface area contributed by atoms with Crippen molar-refractivity contribution in [3.8, 4) is 23.1 Å². The number of hydrogen-bond acceptors (Lipinski definition) is 6. The van der Waals surface area contributed by atoms with Crippen LogP contribution in [0.5, 0.6) is 5.75 Å². The number of nitro benzene ring substituents is 1. The average molecular weight is 438 g/mol. The second kappa shape index (κ2) is 9.15. The maximum absolute atomic E-state index is 12.6. The Kier molecular flexibility index (Phi) is 6.38. The number of hydrogen-bond donors (Lipinski definition) is 1. The minimum Gasteiger partial charge on any atom is -0.496 e. The summed E-state index contributed by atoms with van der Waals surface area (Å²) >= 11 is 6.12. The van der Waals surface area contributed by atoms with Crippen LogP contribution in [0.2, 0.25) is 5.02 Å². The molecular formula is C22H16ClN3O5. The van der Waals surface area contributed by atoms with Crippen LogP contribution in [0.15, 0.2) is 58.5 Å². The molecule has 0 bridgehead atoms. The number of halogens is 1. The first kappa shape index (κ1) is 21.6. The first-order valence-corrected chi connectivity index (χ1v) is 9.32. The summed E-state index contributed by atoms with van der Waals surface area (Å²) in [7, 11) is 1.43. The van der Waals surface area contributed by atoms with E-state index in [4.69, 9.17) is 20.8 Å². The smallest absolute Gasteiger partial charge is 0.270 e. The van der Waals surface area contributed by atoms with Crippen LogP contribution in [-0.2, 0) is 4.79 Å². The maximum atomic E-state index is 12.6. The van der Waals surface area contributed by atoms with Crippen LogP contribution >= 0.6 is 11.6 Å². The summed E-state index contributed by atoms with van der Waals surface area (Å²) in [6.07, 6.45) is 1.27. The monoisotopic (exact) mass is 437 g/mol. The predicted octanol–water partition coefficient (Wildman–Crippen LogP) is 5.37. The number of amides is 1. The van der Waals surface area contributed by atoms with Gasteiger partial charge >= 0.3 is 0 Å². The lowest BCUT2D eigenvalue weighted by atomic mass is 10.1. The molecule has 0 saturated heterocycles. The molecule has 0 aliphatic carbocycles. The topological polar surface area (TPSA) is 118 Å². The van der Waals surface area contributed by atoms with E-state index in [1.54, 1.807) is 37.3 Å². The van der Waals surface area contributed by atoms with E-state index >= 15 is 0 Å². The molecule has 3 rings (SSSR count). The molecule has 1 heterocycles. The number of aryl methyl sites for hydroxylation is 1. The molecule has 156 valence electrons. The number of nitrogens with zero attached hydrogens (tertiary/aromatic N) is 2. The normalized spacial score (nSPS) is 11.0. The van der Waals surface area contributed by atoms with Crippen molar-refractivity contribution in [3.63, 3.8) is 0 Å². The number of benzene rings is 2. The summed E-state index contributed by atoms with van der Waals surface area (Å²) in [4.78, 5) is 23.1. The summed E-state index contributed by atoms with van der Waals surface area (Å²) in [6, 6.07) is 14.2. The number of methoxy groups -OCH3 is 1. The highest BCUT2D eigenvalue weighted by Crippen LogP contribution is 2.35. The van der Waals surface area contributed by atoms with Crippen molar-refractivity contribution in [2.45, 2.75) is 6.92 Å². The number of anilines is 1. The van der Waals surface area contributed by atoms with Gasteiger partial charge < -0.3 is 14.5 Å². The van der Waals surface area contributed by atoms with Gasteiger partial charge in [0.25, 0.3) is 11.6 Å². The highest BCUT2D eigenvalue weighted by atomic mass is 35.5. The zero-order valence-corrected chi connectivity index (χ0v) is 17.3. The van der Waals surface area contributed by atoms with Crippen LogP contribution in [0.25, 0.3) is 17.4 Å². The van der Waals surface area contributed by atoms with Gasteiger partial charge in [0.05, 0.1) is 28.3 Å². The third-order valence-corrected chi connectivity index (χ3v) is 4.71. The molecule has 0 aliphatic rings. The molecule has 0 radical (unpaired) electrons. The lowest BCUT2D eigenvalue weighted by Crippen LogP contribution is -2.14. The van der Waals surface area contributed by atoms with Crippen molar-refractivity contribution in [2.75, 3.05) is 12.4 Å². The third-order valence-electron chi connectivity index (χ3n) is 4.40. The number of nitrogens with one attached hydrogen (secondary N) is 1. The minimum atomic E-state index is -0.649. The fourth-order valence-corrected chi connectivity index (χ4v) is 3.11. The van der Waals surface area contributed by atoms with Crippen molar-refractivity contribution in [1.82, 2.24) is 0 Å². The quantitative estimate of drug-likeness (QED) is 0.239. The number of para-hydroxylation sites is 1. The van der Waals surface area contributed by atoms with Crippen molar-refractivity contribution in [1.29, 1.82) is 5.26 Å². The van der Waals surface area contributed by atoms with Gasteiger partial charge in [0.15, 0.2) is 0 Å². The van der Waals surface area contributed by atoms with Crippen LogP contribution in [0, 0.1) is 28.4 Å². The first-order valence-electron chi connectivity index (χ1n) is 8.95. The van der Waals surface area contributed by atoms with E-state index in [9.17, 15) is 20.2 Å². The fraction of sp³-hybridized carbons (Fsp3) is 0.0909. The molecule has 1 aromatic heterocycles. The van der Waals surface area contributed by atoms with Crippen LogP contribution in [-0.4, -0.2) is 17.9 Å². The third kappa shape index (κ3) is 4.74. The molecule has 0 unspecified atom stereocenters. The van der Waals surface area contributed by atoms with E-state index in [1.165, 1.54) is 31.4 Å². The van der Waals surface area contributed by atoms with Crippen molar-refractivity contribution in [3.05, 3.63) is 80.6 Å². The molecule has 0 fully saturated rings. The Bertz CT molecular complexity index is 1220. The SMILES string of the molecule is COc1ccc([N+](=O)[O-])cc1-c1ccc(/C=C(\C#N)C(=O)Nc2c(C)cccc2Cl)o1. The van der Waals surface area contributed by atoms with Crippen LogP contribution in [0.1, 0.15) is 11.3 Å². The van der Waals surface area contributed by atoms with Gasteiger partial charge in [0, 0.05) is 18.2 Å². The number of ether oxygens (including phenoxy) is 1. The van der Waals surface area contributed by atoms with E-state index in [0.717, 1.165) is 5.56 Å². The molecule has 0 spiro atoms. The number of nitriles is 1. The summed E-state index contributed by atoms with van der Waals surface area (Å²) in [5.74, 6) is 0.227. The Hall–Kier alpha value is -4.09. The zero-order valence-electron chi connectivity index (χ0n) is 16.5.